The summed E-state index contributed by atoms with van der Waals surface area (Å²) in [6.07, 6.45) is 3.30. The number of thioether (sulfide) groups is 1. The molecule has 0 saturated carbocycles. The second kappa shape index (κ2) is 11.7. The van der Waals surface area contributed by atoms with E-state index in [1.807, 2.05) is 14.0 Å². The summed E-state index contributed by atoms with van der Waals surface area (Å²) in [6.45, 7) is 1.71. The Morgan fingerprint density at radius 1 is 1.43 bits per heavy atom. The minimum absolute atomic E-state index is 0.0291. The Balaban J connectivity index is 1.76. The number of nitrogen functional groups attached to an aromatic ring is 1. The Hall–Kier alpha value is -3.57. The number of carboxylic acid groups (broad SMARTS) is 1. The van der Waals surface area contributed by atoms with Crippen molar-refractivity contribution < 1.29 is 38.0 Å². The standard InChI is InChI=1S/C20H25FN8O6S2/c1-3-29(2,7-11(22)30)6-4-5-10-8-36-18-13(17(32)28(18)14(10)19(33)34)24-16(31)12(26-35-9-21)15-25-20(23)37-27-15/h4-5,13,18H,3,6-9H2,1-2H3,(H5-,22,23,24,25,27,30,31,33,34)/t13-,18-,29?/m1/s1. The number of nitrogens with one attached hydrogen (secondary N) is 1. The molecule has 1 fully saturated rings. The van der Waals surface area contributed by atoms with Crippen molar-refractivity contribution in [1.29, 1.82) is 0 Å². The summed E-state index contributed by atoms with van der Waals surface area (Å²) in [4.78, 5) is 58.1. The summed E-state index contributed by atoms with van der Waals surface area (Å²) in [5, 5.41) is 17.1. The van der Waals surface area contributed by atoms with Crippen molar-refractivity contribution in [3.8, 4) is 0 Å². The molecule has 5 N–H and O–H groups in total. The van der Waals surface area contributed by atoms with Gasteiger partial charge in [-0.15, -0.1) is 11.8 Å². The number of rotatable bonds is 12. The number of carbonyl (C=O) groups is 4. The summed E-state index contributed by atoms with van der Waals surface area (Å²) in [7, 11) is 1.84. The monoisotopic (exact) mass is 556 g/mol. The van der Waals surface area contributed by atoms with Gasteiger partial charge >= 0.3 is 0 Å². The van der Waals surface area contributed by atoms with Crippen LogP contribution in [0.2, 0.25) is 0 Å². The van der Waals surface area contributed by atoms with Crippen LogP contribution >= 0.6 is 23.3 Å². The third-order valence-corrected chi connectivity index (χ3v) is 7.56. The molecular weight excluding hydrogens is 531 g/mol. The molecule has 14 nitrogen and oxygen atoms in total. The molecule has 0 aromatic carbocycles. The number of aliphatic carboxylic acids is 1. The van der Waals surface area contributed by atoms with E-state index in [9.17, 15) is 28.7 Å². The van der Waals surface area contributed by atoms with Crippen molar-refractivity contribution in [3.63, 3.8) is 0 Å². The average molecular weight is 557 g/mol. The second-order valence-electron chi connectivity index (χ2n) is 8.30. The number of amides is 3. The van der Waals surface area contributed by atoms with E-state index in [1.54, 1.807) is 12.2 Å². The van der Waals surface area contributed by atoms with E-state index in [2.05, 4.69) is 24.7 Å². The number of primary amides is 1. The zero-order valence-corrected chi connectivity index (χ0v) is 21.5. The van der Waals surface area contributed by atoms with Gasteiger partial charge in [-0.2, -0.15) is 9.36 Å². The van der Waals surface area contributed by atoms with Gasteiger partial charge in [0.15, 0.2) is 11.7 Å². The van der Waals surface area contributed by atoms with Crippen molar-refractivity contribution in [2.45, 2.75) is 18.3 Å². The first-order valence-electron chi connectivity index (χ1n) is 10.8. The molecule has 1 aromatic rings. The fourth-order valence-corrected chi connectivity index (χ4v) is 5.46. The van der Waals surface area contributed by atoms with Crippen LogP contribution in [-0.4, -0.2) is 98.9 Å². The minimum Gasteiger partial charge on any atom is -0.543 e. The molecule has 0 aliphatic carbocycles. The number of oxime groups is 1. The lowest BCUT2D eigenvalue weighted by Gasteiger charge is -2.50. The molecule has 3 amide bonds. The van der Waals surface area contributed by atoms with Gasteiger partial charge in [0.2, 0.25) is 11.5 Å². The van der Waals surface area contributed by atoms with Crippen LogP contribution in [0.3, 0.4) is 0 Å². The smallest absolute Gasteiger partial charge is 0.278 e. The van der Waals surface area contributed by atoms with Crippen LogP contribution in [0.25, 0.3) is 0 Å². The molecule has 1 aromatic heterocycles. The summed E-state index contributed by atoms with van der Waals surface area (Å²) in [5.74, 6) is -3.63. The number of likely N-dealkylation sites (N-methyl/N-ethyl adjacent to an activating group) is 1. The van der Waals surface area contributed by atoms with Gasteiger partial charge in [0, 0.05) is 17.3 Å². The molecule has 200 valence electrons. The summed E-state index contributed by atoms with van der Waals surface area (Å²) in [6, 6.07) is -1.10. The number of carboxylic acids is 1. The largest absolute Gasteiger partial charge is 0.543 e. The molecule has 1 unspecified atom stereocenters. The van der Waals surface area contributed by atoms with Gasteiger partial charge in [0.25, 0.3) is 24.6 Å². The van der Waals surface area contributed by atoms with Crippen molar-refractivity contribution in [2.24, 2.45) is 10.9 Å². The van der Waals surface area contributed by atoms with E-state index in [0.717, 1.165) is 16.4 Å². The lowest BCUT2D eigenvalue weighted by atomic mass is 10.0. The molecule has 17 heteroatoms. The number of halogens is 1. The normalized spacial score (nSPS) is 21.3. The Bertz CT molecular complexity index is 1190. The number of carbonyl (C=O) groups excluding carboxylic acids is 4. The predicted molar refractivity (Wildman–Crippen MR) is 130 cm³/mol. The Morgan fingerprint density at radius 3 is 2.73 bits per heavy atom. The highest BCUT2D eigenvalue weighted by molar-refractivity contribution is 8.00. The number of quaternary nitrogens is 1. The van der Waals surface area contributed by atoms with Crippen LogP contribution in [0.4, 0.5) is 9.52 Å². The van der Waals surface area contributed by atoms with Crippen LogP contribution < -0.4 is 21.9 Å². The molecule has 2 aliphatic rings. The van der Waals surface area contributed by atoms with Crippen molar-refractivity contribution in [3.05, 3.63) is 29.2 Å². The molecule has 3 rings (SSSR count). The number of alkyl halides is 1. The van der Waals surface area contributed by atoms with Crippen LogP contribution in [0.15, 0.2) is 28.6 Å². The summed E-state index contributed by atoms with van der Waals surface area (Å²) in [5.41, 5.74) is 10.4. The maximum atomic E-state index is 12.9. The summed E-state index contributed by atoms with van der Waals surface area (Å²) < 4.78 is 16.6. The van der Waals surface area contributed by atoms with E-state index in [0.29, 0.717) is 23.1 Å². The molecule has 3 heterocycles. The molecule has 0 bridgehead atoms. The van der Waals surface area contributed by atoms with Gasteiger partial charge < -0.3 is 36.0 Å². The lowest BCUT2D eigenvalue weighted by Crippen LogP contribution is -2.71. The Labute approximate surface area is 218 Å². The first-order chi connectivity index (χ1) is 17.5. The number of nitrogens with zero attached hydrogens (tertiary/aromatic N) is 5. The van der Waals surface area contributed by atoms with Crippen LogP contribution in [0, 0.1) is 0 Å². The van der Waals surface area contributed by atoms with E-state index in [-0.39, 0.29) is 29.0 Å². The molecule has 3 atom stereocenters. The fourth-order valence-electron chi connectivity index (χ4n) is 3.70. The maximum absolute atomic E-state index is 12.9. The van der Waals surface area contributed by atoms with Crippen LogP contribution in [-0.2, 0) is 24.0 Å². The van der Waals surface area contributed by atoms with Gasteiger partial charge in [-0.3, -0.25) is 19.3 Å². The maximum Gasteiger partial charge on any atom is 0.278 e. The lowest BCUT2D eigenvalue weighted by molar-refractivity contribution is -0.894. The van der Waals surface area contributed by atoms with Gasteiger partial charge in [-0.1, -0.05) is 11.2 Å². The van der Waals surface area contributed by atoms with Crippen LogP contribution in [0.1, 0.15) is 12.7 Å². The minimum atomic E-state index is -1.55. The van der Waals surface area contributed by atoms with Crippen LogP contribution in [0.5, 0.6) is 0 Å². The van der Waals surface area contributed by atoms with Crippen molar-refractivity contribution in [2.75, 3.05) is 45.0 Å². The van der Waals surface area contributed by atoms with Gasteiger partial charge in [-0.05, 0) is 18.6 Å². The quantitative estimate of drug-likeness (QED) is 0.108. The third-order valence-electron chi connectivity index (χ3n) is 5.72. The van der Waals surface area contributed by atoms with E-state index in [4.69, 9.17) is 11.5 Å². The van der Waals surface area contributed by atoms with Gasteiger partial charge in [-0.25, -0.2) is 4.39 Å². The number of β-lactam (4-membered cyclic amide) rings is 1. The number of nitrogens with two attached hydrogens (primary N) is 2. The first-order valence-corrected chi connectivity index (χ1v) is 12.7. The summed E-state index contributed by atoms with van der Waals surface area (Å²) >= 11 is 2.01. The number of aromatic nitrogens is 2. The third kappa shape index (κ3) is 6.23. The number of allylic oxidation sites excluding steroid dienone is 1. The van der Waals surface area contributed by atoms with Gasteiger partial charge in [0.05, 0.1) is 31.8 Å². The van der Waals surface area contributed by atoms with Gasteiger partial charge in [0.1, 0.15) is 11.4 Å². The molecule has 37 heavy (non-hydrogen) atoms. The highest BCUT2D eigenvalue weighted by Gasteiger charge is 2.53. The van der Waals surface area contributed by atoms with Crippen molar-refractivity contribution in [1.82, 2.24) is 19.6 Å². The molecule has 0 spiro atoms. The number of hydrogen-bond donors (Lipinski definition) is 3. The molecule has 1 saturated heterocycles. The highest BCUT2D eigenvalue weighted by Crippen LogP contribution is 2.40. The van der Waals surface area contributed by atoms with E-state index < -0.39 is 47.7 Å². The fraction of sp³-hybridized carbons (Fsp3) is 0.450. The van der Waals surface area contributed by atoms with E-state index in [1.165, 1.54) is 11.8 Å². The SMILES string of the molecule is CC[N+](C)(CC=CC1=C(C(=O)[O-])N2C(=O)[C@@H](NC(=O)C(=NOCF)c3nsc(N)n3)[C@H]2SC1)CC(N)=O. The molecular formula is C20H25FN8O6S2. The van der Waals surface area contributed by atoms with Crippen molar-refractivity contribution >= 4 is 57.8 Å². The number of fused-ring (bicyclic) bond motifs is 1. The topological polar surface area (TPSA) is 206 Å². The number of hydrogen-bond acceptors (Lipinski definition) is 12. The first kappa shape index (κ1) is 28.0. The highest BCUT2D eigenvalue weighted by atomic mass is 32.2. The zero-order valence-electron chi connectivity index (χ0n) is 19.9. The Morgan fingerprint density at radius 2 is 2.16 bits per heavy atom. The number of anilines is 1. The molecule has 2 aliphatic heterocycles. The molecule has 0 radical (unpaired) electrons. The second-order valence-corrected chi connectivity index (χ2v) is 10.2. The Kier molecular flexibility index (Phi) is 8.82. The zero-order chi connectivity index (χ0) is 27.3. The average Bonchev–Trinajstić information content (AvgIpc) is 3.27. The van der Waals surface area contributed by atoms with E-state index >= 15 is 0 Å². The predicted octanol–water partition coefficient (Wildman–Crippen LogP) is -2.32.